The first-order valence-corrected chi connectivity index (χ1v) is 12.1. The summed E-state index contributed by atoms with van der Waals surface area (Å²) in [5, 5.41) is 3.54. The molecule has 0 saturated heterocycles. The van der Waals surface area contributed by atoms with Gasteiger partial charge in [0.25, 0.3) is 11.5 Å². The monoisotopic (exact) mass is 491 g/mol. The lowest BCUT2D eigenvalue weighted by Crippen LogP contribution is -2.27. The van der Waals surface area contributed by atoms with Gasteiger partial charge in [-0.15, -0.1) is 0 Å². The molecule has 0 spiro atoms. The zero-order valence-corrected chi connectivity index (χ0v) is 20.6. The van der Waals surface area contributed by atoms with Gasteiger partial charge in [-0.3, -0.25) is 14.2 Å². The molecular weight excluding hydrogens is 465 g/mol. The maximum atomic E-state index is 14.1. The van der Waals surface area contributed by atoms with Gasteiger partial charge in [0, 0.05) is 25.0 Å². The molecule has 4 rings (SSSR count). The smallest absolute Gasteiger partial charge is 0.266 e. The van der Waals surface area contributed by atoms with Gasteiger partial charge in [-0.25, -0.2) is 9.37 Å². The van der Waals surface area contributed by atoms with Crippen LogP contribution in [0.4, 0.5) is 4.39 Å². The van der Waals surface area contributed by atoms with Crippen molar-refractivity contribution in [2.75, 3.05) is 20.3 Å². The zero-order valence-electron chi connectivity index (χ0n) is 19.8. The number of fused-ring (bicyclic) bond motifs is 1. The molecular formula is C27H26FN3O3S. The van der Waals surface area contributed by atoms with E-state index in [2.05, 4.69) is 23.5 Å². The number of ether oxygens (including phenoxy) is 1. The second kappa shape index (κ2) is 10.8. The molecule has 0 unspecified atom stereocenters. The third-order valence-electron chi connectivity index (χ3n) is 5.62. The molecule has 1 heterocycles. The lowest BCUT2D eigenvalue weighted by atomic mass is 10.1. The van der Waals surface area contributed by atoms with Crippen molar-refractivity contribution in [1.29, 1.82) is 0 Å². The van der Waals surface area contributed by atoms with Crippen molar-refractivity contribution < 1.29 is 13.9 Å². The minimum Gasteiger partial charge on any atom is -0.383 e. The quantitative estimate of drug-likeness (QED) is 0.218. The van der Waals surface area contributed by atoms with Crippen molar-refractivity contribution in [3.8, 4) is 5.69 Å². The van der Waals surface area contributed by atoms with E-state index in [1.165, 1.54) is 28.5 Å². The van der Waals surface area contributed by atoms with Gasteiger partial charge in [0.05, 0.1) is 23.2 Å². The fraction of sp³-hybridized carbons (Fsp3) is 0.222. The maximum absolute atomic E-state index is 14.1. The van der Waals surface area contributed by atoms with E-state index in [4.69, 9.17) is 9.72 Å². The topological polar surface area (TPSA) is 73.2 Å². The van der Waals surface area contributed by atoms with Crippen LogP contribution in [0.5, 0.6) is 0 Å². The van der Waals surface area contributed by atoms with Crippen LogP contribution in [-0.4, -0.2) is 35.7 Å². The van der Waals surface area contributed by atoms with Gasteiger partial charge in [-0.05, 0) is 61.4 Å². The largest absolute Gasteiger partial charge is 0.383 e. The first-order chi connectivity index (χ1) is 16.9. The molecule has 0 fully saturated rings. The number of amides is 1. The molecule has 1 N–H and O–H groups in total. The van der Waals surface area contributed by atoms with Gasteiger partial charge >= 0.3 is 0 Å². The minimum absolute atomic E-state index is 0.273. The van der Waals surface area contributed by atoms with Crippen LogP contribution < -0.4 is 10.9 Å². The number of aryl methyl sites for hydroxylation is 2. The number of hydrogen-bond acceptors (Lipinski definition) is 5. The number of methoxy groups -OCH3 is 1. The molecule has 0 radical (unpaired) electrons. The van der Waals surface area contributed by atoms with E-state index in [0.717, 1.165) is 16.7 Å². The fourth-order valence-corrected chi connectivity index (χ4v) is 4.79. The first-order valence-electron chi connectivity index (χ1n) is 11.2. The highest BCUT2D eigenvalue weighted by Crippen LogP contribution is 2.27. The molecule has 0 bridgehead atoms. The predicted molar refractivity (Wildman–Crippen MR) is 137 cm³/mol. The van der Waals surface area contributed by atoms with Gasteiger partial charge < -0.3 is 10.1 Å². The van der Waals surface area contributed by atoms with Crippen molar-refractivity contribution in [1.82, 2.24) is 14.9 Å². The fourth-order valence-electron chi connectivity index (χ4n) is 3.71. The number of aromatic nitrogens is 2. The second-order valence-electron chi connectivity index (χ2n) is 8.21. The summed E-state index contributed by atoms with van der Waals surface area (Å²) in [6.07, 6.45) is 0. The maximum Gasteiger partial charge on any atom is 0.266 e. The molecule has 8 heteroatoms. The van der Waals surface area contributed by atoms with Gasteiger partial charge in [-0.1, -0.05) is 41.6 Å². The molecule has 35 heavy (non-hydrogen) atoms. The van der Waals surface area contributed by atoms with Crippen LogP contribution in [0.2, 0.25) is 0 Å². The summed E-state index contributed by atoms with van der Waals surface area (Å²) in [4.78, 5) is 30.8. The normalized spacial score (nSPS) is 11.1. The number of halogens is 1. The van der Waals surface area contributed by atoms with Crippen LogP contribution in [-0.2, 0) is 10.5 Å². The lowest BCUT2D eigenvalue weighted by Gasteiger charge is -2.15. The van der Waals surface area contributed by atoms with Gasteiger partial charge in [0.1, 0.15) is 5.82 Å². The Morgan fingerprint density at radius 3 is 2.71 bits per heavy atom. The molecule has 6 nitrogen and oxygen atoms in total. The molecule has 0 aliphatic rings. The molecule has 1 amide bonds. The van der Waals surface area contributed by atoms with E-state index in [0.29, 0.717) is 46.2 Å². The van der Waals surface area contributed by atoms with Gasteiger partial charge in [-0.2, -0.15) is 0 Å². The Hall–Kier alpha value is -3.49. The third-order valence-corrected chi connectivity index (χ3v) is 6.61. The standard InChI is InChI=1S/C27H26FN3O3S/c1-17-7-8-18(2)20(13-17)16-35-27-30-24-14-19(25(32)29-11-12-34-3)9-10-23(24)26(33)31(27)22-6-4-5-21(28)15-22/h4-10,13-15H,11-12,16H2,1-3H3,(H,29,32). The number of benzene rings is 3. The van der Waals surface area contributed by atoms with Crippen molar-refractivity contribution >= 4 is 28.6 Å². The predicted octanol–water partition coefficient (Wildman–Crippen LogP) is 4.81. The summed E-state index contributed by atoms with van der Waals surface area (Å²) >= 11 is 1.40. The molecule has 0 saturated carbocycles. The first kappa shape index (κ1) is 24.6. The van der Waals surface area contributed by atoms with Crippen molar-refractivity contribution in [3.63, 3.8) is 0 Å². The van der Waals surface area contributed by atoms with E-state index >= 15 is 0 Å². The number of nitrogens with one attached hydrogen (secondary N) is 1. The summed E-state index contributed by atoms with van der Waals surface area (Å²) in [7, 11) is 1.56. The SMILES string of the molecule is COCCNC(=O)c1ccc2c(=O)n(-c3cccc(F)c3)c(SCc3cc(C)ccc3C)nc2c1. The summed E-state index contributed by atoms with van der Waals surface area (Å²) in [5.74, 6) is -0.134. The molecule has 1 aromatic heterocycles. The summed E-state index contributed by atoms with van der Waals surface area (Å²) in [5.41, 5.74) is 4.29. The van der Waals surface area contributed by atoms with Crippen LogP contribution in [0.1, 0.15) is 27.0 Å². The Morgan fingerprint density at radius 2 is 1.94 bits per heavy atom. The van der Waals surface area contributed by atoms with E-state index < -0.39 is 5.82 Å². The van der Waals surface area contributed by atoms with E-state index in [-0.39, 0.29) is 11.5 Å². The Morgan fingerprint density at radius 1 is 1.11 bits per heavy atom. The summed E-state index contributed by atoms with van der Waals surface area (Å²) in [6.45, 7) is 4.84. The lowest BCUT2D eigenvalue weighted by molar-refractivity contribution is 0.0937. The Balaban J connectivity index is 1.80. The van der Waals surface area contributed by atoms with Gasteiger partial charge in [0.15, 0.2) is 5.16 Å². The van der Waals surface area contributed by atoms with Crippen molar-refractivity contribution in [2.24, 2.45) is 0 Å². The Labute approximate surface area is 207 Å². The number of nitrogens with zero attached hydrogens (tertiary/aromatic N) is 2. The van der Waals surface area contributed by atoms with Crippen LogP contribution in [0.15, 0.2) is 70.6 Å². The number of rotatable bonds is 8. The number of carbonyl (C=O) groups excluding carboxylic acids is 1. The molecule has 0 aliphatic heterocycles. The van der Waals surface area contributed by atoms with Gasteiger partial charge in [0.2, 0.25) is 0 Å². The molecule has 180 valence electrons. The number of carbonyl (C=O) groups is 1. The number of thioether (sulfide) groups is 1. The highest BCUT2D eigenvalue weighted by atomic mass is 32.2. The molecule has 0 atom stereocenters. The van der Waals surface area contributed by atoms with E-state index in [9.17, 15) is 14.0 Å². The van der Waals surface area contributed by atoms with E-state index in [1.807, 2.05) is 13.8 Å². The highest BCUT2D eigenvalue weighted by Gasteiger charge is 2.16. The zero-order chi connectivity index (χ0) is 24.9. The third kappa shape index (κ3) is 5.61. The van der Waals surface area contributed by atoms with Crippen LogP contribution in [0.25, 0.3) is 16.6 Å². The van der Waals surface area contributed by atoms with Crippen LogP contribution >= 0.6 is 11.8 Å². The number of hydrogen-bond donors (Lipinski definition) is 1. The summed E-state index contributed by atoms with van der Waals surface area (Å²) < 4.78 is 20.5. The molecule has 0 aliphatic carbocycles. The van der Waals surface area contributed by atoms with Crippen LogP contribution in [0, 0.1) is 19.7 Å². The average molecular weight is 492 g/mol. The Bertz CT molecular complexity index is 1450. The van der Waals surface area contributed by atoms with Crippen molar-refractivity contribution in [2.45, 2.75) is 24.8 Å². The second-order valence-corrected chi connectivity index (χ2v) is 9.16. The molecule has 4 aromatic rings. The average Bonchev–Trinajstić information content (AvgIpc) is 2.84. The highest BCUT2D eigenvalue weighted by molar-refractivity contribution is 7.98. The molecule has 3 aromatic carbocycles. The minimum atomic E-state index is -0.442. The summed E-state index contributed by atoms with van der Waals surface area (Å²) in [6, 6.07) is 16.9. The van der Waals surface area contributed by atoms with E-state index in [1.54, 1.807) is 37.4 Å². The Kier molecular flexibility index (Phi) is 7.63. The van der Waals surface area contributed by atoms with Crippen molar-refractivity contribution in [3.05, 3.63) is 99.1 Å². The van der Waals surface area contributed by atoms with Crippen LogP contribution in [0.3, 0.4) is 0 Å².